The molecule has 0 saturated heterocycles. The van der Waals surface area contributed by atoms with Crippen LogP contribution in [0.5, 0.6) is 0 Å². The molecule has 0 aliphatic heterocycles. The molecule has 0 atom stereocenters. The molecule has 0 radical (unpaired) electrons. The highest BCUT2D eigenvalue weighted by atomic mass is 15.1. The molecule has 2 rings (SSSR count). The van der Waals surface area contributed by atoms with Crippen molar-refractivity contribution >= 4 is 0 Å². The Morgan fingerprint density at radius 3 is 2.83 bits per heavy atom. The first-order chi connectivity index (χ1) is 5.75. The molecule has 4 nitrogen and oxygen atoms in total. The van der Waals surface area contributed by atoms with Gasteiger partial charge in [0.1, 0.15) is 5.69 Å². The summed E-state index contributed by atoms with van der Waals surface area (Å²) in [6.45, 7) is 1.95. The largest absolute Gasteiger partial charge is 0.340 e. The molecule has 1 N–H and O–H groups in total. The van der Waals surface area contributed by atoms with E-state index in [1.807, 2.05) is 30.8 Å². The molecule has 2 heterocycles. The molecule has 2 aromatic heterocycles. The van der Waals surface area contributed by atoms with Crippen LogP contribution < -0.4 is 0 Å². The van der Waals surface area contributed by atoms with Crippen molar-refractivity contribution in [3.8, 4) is 11.4 Å². The van der Waals surface area contributed by atoms with Crippen LogP contribution in [0.2, 0.25) is 0 Å². The monoisotopic (exact) mass is 162 g/mol. The van der Waals surface area contributed by atoms with E-state index in [1.54, 1.807) is 6.33 Å². The summed E-state index contributed by atoms with van der Waals surface area (Å²) >= 11 is 0. The van der Waals surface area contributed by atoms with Gasteiger partial charge in [0, 0.05) is 13.2 Å². The highest BCUT2D eigenvalue weighted by molar-refractivity contribution is 5.52. The van der Waals surface area contributed by atoms with Crippen molar-refractivity contribution in [2.24, 2.45) is 7.05 Å². The van der Waals surface area contributed by atoms with Crippen molar-refractivity contribution < 1.29 is 0 Å². The van der Waals surface area contributed by atoms with Gasteiger partial charge in [-0.3, -0.25) is 5.10 Å². The first-order valence-corrected chi connectivity index (χ1v) is 3.76. The van der Waals surface area contributed by atoms with E-state index >= 15 is 0 Å². The second-order valence-electron chi connectivity index (χ2n) is 2.85. The maximum atomic E-state index is 4.19. The Balaban J connectivity index is 2.43. The molecule has 0 fully saturated rings. The third kappa shape index (κ3) is 1.11. The summed E-state index contributed by atoms with van der Waals surface area (Å²) < 4.78 is 1.91. The smallest absolute Gasteiger partial charge is 0.106 e. The minimum absolute atomic E-state index is 0.929. The second-order valence-corrected chi connectivity index (χ2v) is 2.85. The highest BCUT2D eigenvalue weighted by Crippen LogP contribution is 2.13. The zero-order chi connectivity index (χ0) is 8.55. The van der Waals surface area contributed by atoms with E-state index in [-0.39, 0.29) is 0 Å². The van der Waals surface area contributed by atoms with Gasteiger partial charge in [0.2, 0.25) is 0 Å². The molecule has 0 spiro atoms. The van der Waals surface area contributed by atoms with Crippen molar-refractivity contribution in [1.29, 1.82) is 0 Å². The maximum Gasteiger partial charge on any atom is 0.106 e. The summed E-state index contributed by atoms with van der Waals surface area (Å²) in [4.78, 5) is 4.19. The molecule has 0 aliphatic rings. The average Bonchev–Trinajstić information content (AvgIpc) is 2.58. The summed E-state index contributed by atoms with van der Waals surface area (Å²) in [5, 5.41) is 6.94. The van der Waals surface area contributed by atoms with Gasteiger partial charge in [-0.1, -0.05) is 0 Å². The fourth-order valence-electron chi connectivity index (χ4n) is 1.10. The van der Waals surface area contributed by atoms with Crippen molar-refractivity contribution in [3.63, 3.8) is 0 Å². The number of aryl methyl sites for hydroxylation is 2. The quantitative estimate of drug-likeness (QED) is 0.683. The van der Waals surface area contributed by atoms with Gasteiger partial charge >= 0.3 is 0 Å². The van der Waals surface area contributed by atoms with Gasteiger partial charge in [-0.05, 0) is 13.0 Å². The van der Waals surface area contributed by atoms with Crippen LogP contribution in [0.15, 0.2) is 18.6 Å². The van der Waals surface area contributed by atoms with Crippen LogP contribution in [-0.4, -0.2) is 19.7 Å². The third-order valence-electron chi connectivity index (χ3n) is 1.69. The number of nitrogens with zero attached hydrogens (tertiary/aromatic N) is 3. The molecule has 0 aliphatic carbocycles. The van der Waals surface area contributed by atoms with Gasteiger partial charge in [0.05, 0.1) is 17.7 Å². The van der Waals surface area contributed by atoms with Crippen LogP contribution >= 0.6 is 0 Å². The van der Waals surface area contributed by atoms with E-state index in [0.717, 1.165) is 17.1 Å². The summed E-state index contributed by atoms with van der Waals surface area (Å²) in [5.41, 5.74) is 2.88. The lowest BCUT2D eigenvalue weighted by atomic mass is 10.3. The van der Waals surface area contributed by atoms with Gasteiger partial charge in [-0.15, -0.1) is 0 Å². The SMILES string of the molecule is Cc1cc(-c2cn(C)cn2)[nH]n1. The number of hydrogen-bond acceptors (Lipinski definition) is 2. The number of nitrogens with one attached hydrogen (secondary N) is 1. The van der Waals surface area contributed by atoms with Crippen molar-refractivity contribution in [2.45, 2.75) is 6.92 Å². The van der Waals surface area contributed by atoms with E-state index < -0.39 is 0 Å². The van der Waals surface area contributed by atoms with Crippen LogP contribution in [0.4, 0.5) is 0 Å². The molecule has 2 aromatic rings. The first kappa shape index (κ1) is 7.09. The lowest BCUT2D eigenvalue weighted by molar-refractivity contribution is 0.913. The molecular formula is C8H10N4. The van der Waals surface area contributed by atoms with Crippen LogP contribution in [0.3, 0.4) is 0 Å². The number of hydrogen-bond donors (Lipinski definition) is 1. The Hall–Kier alpha value is -1.58. The average molecular weight is 162 g/mol. The van der Waals surface area contributed by atoms with Gasteiger partial charge in [0.15, 0.2) is 0 Å². The van der Waals surface area contributed by atoms with Crippen molar-refractivity contribution in [1.82, 2.24) is 19.7 Å². The summed E-state index contributed by atoms with van der Waals surface area (Å²) in [7, 11) is 1.94. The van der Waals surface area contributed by atoms with Crippen molar-refractivity contribution in [3.05, 3.63) is 24.3 Å². The van der Waals surface area contributed by atoms with Crippen LogP contribution in [-0.2, 0) is 7.05 Å². The van der Waals surface area contributed by atoms with E-state index in [4.69, 9.17) is 0 Å². The number of H-pyrrole nitrogens is 1. The lowest BCUT2D eigenvalue weighted by Crippen LogP contribution is -1.78. The van der Waals surface area contributed by atoms with Gasteiger partial charge < -0.3 is 4.57 Å². The topological polar surface area (TPSA) is 46.5 Å². The fraction of sp³-hybridized carbons (Fsp3) is 0.250. The predicted molar refractivity (Wildman–Crippen MR) is 45.5 cm³/mol. The minimum atomic E-state index is 0.929. The Bertz CT molecular complexity index is 347. The molecule has 0 saturated carbocycles. The van der Waals surface area contributed by atoms with Crippen LogP contribution in [0, 0.1) is 6.92 Å². The molecule has 4 heteroatoms. The van der Waals surface area contributed by atoms with Gasteiger partial charge in [-0.25, -0.2) is 4.98 Å². The van der Waals surface area contributed by atoms with Crippen LogP contribution in [0.1, 0.15) is 5.69 Å². The van der Waals surface area contributed by atoms with E-state index in [1.165, 1.54) is 0 Å². The lowest BCUT2D eigenvalue weighted by Gasteiger charge is -1.86. The fourth-order valence-corrected chi connectivity index (χ4v) is 1.10. The highest BCUT2D eigenvalue weighted by Gasteiger charge is 2.02. The Labute approximate surface area is 70.3 Å². The number of imidazole rings is 1. The first-order valence-electron chi connectivity index (χ1n) is 3.76. The zero-order valence-corrected chi connectivity index (χ0v) is 7.07. The molecule has 0 amide bonds. The number of rotatable bonds is 1. The van der Waals surface area contributed by atoms with Gasteiger partial charge in [0.25, 0.3) is 0 Å². The third-order valence-corrected chi connectivity index (χ3v) is 1.69. The van der Waals surface area contributed by atoms with E-state index in [2.05, 4.69) is 15.2 Å². The Morgan fingerprint density at radius 1 is 1.50 bits per heavy atom. The van der Waals surface area contributed by atoms with Crippen LogP contribution in [0.25, 0.3) is 11.4 Å². The number of aromatic nitrogens is 4. The molecule has 12 heavy (non-hydrogen) atoms. The second kappa shape index (κ2) is 2.48. The predicted octanol–water partition coefficient (Wildman–Crippen LogP) is 1.12. The molecule has 62 valence electrons. The van der Waals surface area contributed by atoms with E-state index in [9.17, 15) is 0 Å². The summed E-state index contributed by atoms with van der Waals surface area (Å²) in [6, 6.07) is 1.97. The summed E-state index contributed by atoms with van der Waals surface area (Å²) in [5.74, 6) is 0. The molecule has 0 aromatic carbocycles. The van der Waals surface area contributed by atoms with Crippen molar-refractivity contribution in [2.75, 3.05) is 0 Å². The van der Waals surface area contributed by atoms with Gasteiger partial charge in [-0.2, -0.15) is 5.10 Å². The standard InChI is InChI=1S/C8H10N4/c1-6-3-7(11-10-6)8-4-12(2)5-9-8/h3-5H,1-2H3,(H,10,11). The maximum absolute atomic E-state index is 4.19. The molecule has 0 bridgehead atoms. The molecular weight excluding hydrogens is 152 g/mol. The Morgan fingerprint density at radius 2 is 2.33 bits per heavy atom. The zero-order valence-electron chi connectivity index (χ0n) is 7.07. The van der Waals surface area contributed by atoms with E-state index in [0.29, 0.717) is 0 Å². The Kier molecular flexibility index (Phi) is 1.46. The minimum Gasteiger partial charge on any atom is -0.340 e. The summed E-state index contributed by atoms with van der Waals surface area (Å²) in [6.07, 6.45) is 3.72. The normalized spacial score (nSPS) is 10.5. The number of aromatic amines is 1. The molecule has 0 unspecified atom stereocenters.